The van der Waals surface area contributed by atoms with E-state index < -0.39 is 0 Å². The zero-order chi connectivity index (χ0) is 19.9. The minimum atomic E-state index is 0. The van der Waals surface area contributed by atoms with E-state index >= 15 is 0 Å². The topological polar surface area (TPSA) is 35.6 Å². The van der Waals surface area contributed by atoms with Gasteiger partial charge in [-0.1, -0.05) is 60.7 Å². The van der Waals surface area contributed by atoms with E-state index in [1.54, 1.807) is 0 Å². The maximum atomic E-state index is 12.7. The third kappa shape index (κ3) is 6.95. The van der Waals surface area contributed by atoms with Crippen molar-refractivity contribution in [1.29, 1.82) is 0 Å². The number of benzene rings is 2. The maximum Gasteiger partial charge on any atom is 0.222 e. The van der Waals surface area contributed by atoms with Crippen molar-refractivity contribution in [1.82, 2.24) is 15.1 Å². The standard InChI is InChI=1S/C25H33N3O.2ClH/c29-24(12-11-21-13-15-26-16-14-21)27-17-19-28(20-18-27)25(22-7-3-1-4-8-22)23-9-5-2-6-10-23;;/h1-10,21,25-26H,11-20H2;2*1H. The first kappa shape index (κ1) is 25.7. The number of hydrogen-bond acceptors (Lipinski definition) is 3. The molecule has 2 aromatic carbocycles. The fraction of sp³-hybridized carbons (Fsp3) is 0.480. The number of hydrogen-bond donors (Lipinski definition) is 1. The summed E-state index contributed by atoms with van der Waals surface area (Å²) in [6.07, 6.45) is 4.20. The summed E-state index contributed by atoms with van der Waals surface area (Å²) in [5, 5.41) is 3.41. The molecule has 2 aromatic rings. The van der Waals surface area contributed by atoms with Crippen LogP contribution in [0.3, 0.4) is 0 Å². The number of halogens is 2. The Balaban J connectivity index is 0.00000171. The first-order chi connectivity index (χ1) is 14.3. The third-order valence-electron chi connectivity index (χ3n) is 6.49. The Morgan fingerprint density at radius 3 is 1.87 bits per heavy atom. The third-order valence-corrected chi connectivity index (χ3v) is 6.49. The molecule has 0 atom stereocenters. The van der Waals surface area contributed by atoms with E-state index in [-0.39, 0.29) is 30.9 Å². The van der Waals surface area contributed by atoms with Gasteiger partial charge in [-0.2, -0.15) is 0 Å². The quantitative estimate of drug-likeness (QED) is 0.682. The van der Waals surface area contributed by atoms with Crippen LogP contribution in [-0.2, 0) is 4.79 Å². The van der Waals surface area contributed by atoms with Crippen molar-refractivity contribution in [2.24, 2.45) is 5.92 Å². The molecule has 0 saturated carbocycles. The van der Waals surface area contributed by atoms with Gasteiger partial charge in [-0.05, 0) is 49.4 Å². The second-order valence-corrected chi connectivity index (χ2v) is 8.37. The van der Waals surface area contributed by atoms with Gasteiger partial charge < -0.3 is 10.2 Å². The molecule has 0 radical (unpaired) electrons. The zero-order valence-corrected chi connectivity index (χ0v) is 19.8. The Morgan fingerprint density at radius 2 is 1.35 bits per heavy atom. The van der Waals surface area contributed by atoms with Gasteiger partial charge >= 0.3 is 0 Å². The van der Waals surface area contributed by atoms with Crippen LogP contribution in [0, 0.1) is 5.92 Å². The number of carbonyl (C=O) groups is 1. The molecule has 1 N–H and O–H groups in total. The molecule has 4 rings (SSSR count). The van der Waals surface area contributed by atoms with Gasteiger partial charge in [0.25, 0.3) is 0 Å². The minimum absolute atomic E-state index is 0. The van der Waals surface area contributed by atoms with E-state index in [2.05, 4.69) is 75.8 Å². The highest BCUT2D eigenvalue weighted by atomic mass is 35.5. The highest BCUT2D eigenvalue weighted by Crippen LogP contribution is 2.29. The van der Waals surface area contributed by atoms with E-state index in [1.807, 2.05) is 0 Å². The Morgan fingerprint density at radius 1 is 0.839 bits per heavy atom. The minimum Gasteiger partial charge on any atom is -0.340 e. The molecule has 2 fully saturated rings. The van der Waals surface area contributed by atoms with Crippen molar-refractivity contribution in [2.75, 3.05) is 39.3 Å². The van der Waals surface area contributed by atoms with Crippen LogP contribution in [0.2, 0.25) is 0 Å². The predicted octanol–water partition coefficient (Wildman–Crippen LogP) is 4.54. The van der Waals surface area contributed by atoms with E-state index in [0.717, 1.165) is 51.6 Å². The number of nitrogens with one attached hydrogen (secondary N) is 1. The summed E-state index contributed by atoms with van der Waals surface area (Å²) in [6, 6.07) is 21.7. The summed E-state index contributed by atoms with van der Waals surface area (Å²) in [4.78, 5) is 17.4. The molecule has 4 nitrogen and oxygen atoms in total. The Hall–Kier alpha value is -1.59. The highest BCUT2D eigenvalue weighted by Gasteiger charge is 2.28. The van der Waals surface area contributed by atoms with E-state index in [9.17, 15) is 4.79 Å². The monoisotopic (exact) mass is 463 g/mol. The van der Waals surface area contributed by atoms with E-state index in [0.29, 0.717) is 12.3 Å². The fourth-order valence-corrected chi connectivity index (χ4v) is 4.77. The number of carbonyl (C=O) groups excluding carboxylic acids is 1. The number of nitrogens with zero attached hydrogens (tertiary/aromatic N) is 2. The van der Waals surface area contributed by atoms with Crippen molar-refractivity contribution in [2.45, 2.75) is 31.7 Å². The Kier molecular flexibility index (Phi) is 10.8. The van der Waals surface area contributed by atoms with Crippen LogP contribution in [-0.4, -0.2) is 55.0 Å². The predicted molar refractivity (Wildman–Crippen MR) is 132 cm³/mol. The Labute approximate surface area is 199 Å². The van der Waals surface area contributed by atoms with Gasteiger partial charge in [0.2, 0.25) is 5.91 Å². The van der Waals surface area contributed by atoms with Crippen LogP contribution in [0.4, 0.5) is 0 Å². The smallest absolute Gasteiger partial charge is 0.222 e. The van der Waals surface area contributed by atoms with Crippen LogP contribution in [0.5, 0.6) is 0 Å². The molecule has 2 heterocycles. The first-order valence-corrected chi connectivity index (χ1v) is 11.1. The average molecular weight is 464 g/mol. The zero-order valence-electron chi connectivity index (χ0n) is 18.1. The molecule has 0 spiro atoms. The number of amides is 1. The van der Waals surface area contributed by atoms with E-state index in [1.165, 1.54) is 24.0 Å². The molecule has 2 aliphatic heterocycles. The number of rotatable bonds is 6. The molecule has 6 heteroatoms. The van der Waals surface area contributed by atoms with E-state index in [4.69, 9.17) is 0 Å². The molecule has 2 saturated heterocycles. The molecular weight excluding hydrogens is 429 g/mol. The molecule has 170 valence electrons. The van der Waals surface area contributed by atoms with Gasteiger partial charge in [0, 0.05) is 32.6 Å². The lowest BCUT2D eigenvalue weighted by molar-refractivity contribution is -0.133. The average Bonchev–Trinajstić information content (AvgIpc) is 2.80. The summed E-state index contributed by atoms with van der Waals surface area (Å²) < 4.78 is 0. The Bertz CT molecular complexity index is 721. The summed E-state index contributed by atoms with van der Waals surface area (Å²) in [5.41, 5.74) is 2.65. The van der Waals surface area contributed by atoms with Crippen molar-refractivity contribution < 1.29 is 4.79 Å². The molecule has 31 heavy (non-hydrogen) atoms. The van der Waals surface area contributed by atoms with Gasteiger partial charge in [-0.25, -0.2) is 0 Å². The molecule has 0 unspecified atom stereocenters. The van der Waals surface area contributed by atoms with Crippen molar-refractivity contribution in [3.05, 3.63) is 71.8 Å². The van der Waals surface area contributed by atoms with Crippen LogP contribution < -0.4 is 5.32 Å². The van der Waals surface area contributed by atoms with Gasteiger partial charge in [0.1, 0.15) is 0 Å². The van der Waals surface area contributed by atoms with Gasteiger partial charge in [0.05, 0.1) is 6.04 Å². The second kappa shape index (κ2) is 13.1. The summed E-state index contributed by atoms with van der Waals surface area (Å²) >= 11 is 0. The fourth-order valence-electron chi connectivity index (χ4n) is 4.77. The van der Waals surface area contributed by atoms with Crippen molar-refractivity contribution >= 4 is 30.7 Å². The summed E-state index contributed by atoms with van der Waals surface area (Å²) in [5.74, 6) is 1.07. The largest absolute Gasteiger partial charge is 0.340 e. The SMILES string of the molecule is Cl.Cl.O=C(CCC1CCNCC1)N1CCN(C(c2ccccc2)c2ccccc2)CC1. The molecular formula is C25H35Cl2N3O. The van der Waals surface area contributed by atoms with Crippen LogP contribution >= 0.6 is 24.8 Å². The lowest BCUT2D eigenvalue weighted by atomic mass is 9.93. The van der Waals surface area contributed by atoms with Gasteiger partial charge in [0.15, 0.2) is 0 Å². The maximum absolute atomic E-state index is 12.7. The molecule has 0 aromatic heterocycles. The highest BCUT2D eigenvalue weighted by molar-refractivity contribution is 5.85. The van der Waals surface area contributed by atoms with Gasteiger partial charge in [-0.3, -0.25) is 9.69 Å². The lowest BCUT2D eigenvalue weighted by Crippen LogP contribution is -2.49. The van der Waals surface area contributed by atoms with Crippen LogP contribution in [0.25, 0.3) is 0 Å². The van der Waals surface area contributed by atoms with Crippen molar-refractivity contribution in [3.8, 4) is 0 Å². The van der Waals surface area contributed by atoms with Gasteiger partial charge in [-0.15, -0.1) is 24.8 Å². The first-order valence-electron chi connectivity index (χ1n) is 11.1. The normalized spacial score (nSPS) is 17.6. The van der Waals surface area contributed by atoms with Crippen LogP contribution in [0.1, 0.15) is 42.9 Å². The van der Waals surface area contributed by atoms with Crippen molar-refractivity contribution in [3.63, 3.8) is 0 Å². The summed E-state index contributed by atoms with van der Waals surface area (Å²) in [6.45, 7) is 5.74. The number of piperazine rings is 1. The molecule has 2 aliphatic rings. The molecule has 0 bridgehead atoms. The lowest BCUT2D eigenvalue weighted by Gasteiger charge is -2.40. The summed E-state index contributed by atoms with van der Waals surface area (Å²) in [7, 11) is 0. The van der Waals surface area contributed by atoms with Crippen LogP contribution in [0.15, 0.2) is 60.7 Å². The molecule has 0 aliphatic carbocycles. The number of piperidine rings is 1. The molecule has 1 amide bonds. The second-order valence-electron chi connectivity index (χ2n) is 8.37.